The van der Waals surface area contributed by atoms with Crippen molar-refractivity contribution in [3.05, 3.63) is 33.8 Å². The Hall–Kier alpha value is -1.87. The van der Waals surface area contributed by atoms with E-state index in [2.05, 4.69) is 4.98 Å². The van der Waals surface area contributed by atoms with E-state index < -0.39 is 35.6 Å². The Morgan fingerprint density at radius 3 is 2.63 bits per heavy atom. The molecule has 0 fully saturated rings. The fourth-order valence-corrected chi connectivity index (χ4v) is 5.01. The van der Waals surface area contributed by atoms with Crippen LogP contribution in [0.2, 0.25) is 0 Å². The Bertz CT molecular complexity index is 905. The summed E-state index contributed by atoms with van der Waals surface area (Å²) in [5.74, 6) is -1.49. The summed E-state index contributed by atoms with van der Waals surface area (Å²) in [6.45, 7) is 8.99. The number of aliphatic hydroxyl groups is 3. The monoisotopic (exact) mass is 507 g/mol. The van der Waals surface area contributed by atoms with Crippen LogP contribution >= 0.6 is 11.3 Å². The number of thiazole rings is 1. The zero-order valence-corrected chi connectivity index (χ0v) is 22.4. The molecular weight excluding hydrogens is 466 g/mol. The Morgan fingerprint density at radius 1 is 1.29 bits per heavy atom. The number of allylic oxidation sites excluding steroid dienone is 1. The summed E-state index contributed by atoms with van der Waals surface area (Å²) in [6.07, 6.45) is 6.10. The normalized spacial score (nSPS) is 31.2. The Kier molecular flexibility index (Phi) is 11.3. The molecule has 0 saturated carbocycles. The van der Waals surface area contributed by atoms with Crippen LogP contribution in [0.25, 0.3) is 6.08 Å². The first-order valence-electron chi connectivity index (χ1n) is 12.5. The van der Waals surface area contributed by atoms with Gasteiger partial charge in [-0.2, -0.15) is 0 Å². The predicted octanol–water partition coefficient (Wildman–Crippen LogP) is 4.45. The molecular formula is C27H41NO6S. The minimum Gasteiger partial charge on any atom is -0.458 e. The molecule has 1 aromatic rings. The number of nitrogens with zero attached hydrogens (tertiary/aromatic N) is 1. The largest absolute Gasteiger partial charge is 0.458 e. The number of carbonyl (C=O) groups is 2. The van der Waals surface area contributed by atoms with Crippen LogP contribution in [0, 0.1) is 17.3 Å². The molecule has 3 N–H and O–H groups in total. The summed E-state index contributed by atoms with van der Waals surface area (Å²) < 4.78 is 5.68. The highest BCUT2D eigenvalue weighted by molar-refractivity contribution is 7.09. The molecule has 0 amide bonds. The molecule has 196 valence electrons. The van der Waals surface area contributed by atoms with Crippen LogP contribution in [0.5, 0.6) is 0 Å². The number of esters is 1. The first-order chi connectivity index (χ1) is 16.5. The van der Waals surface area contributed by atoms with E-state index in [9.17, 15) is 24.9 Å². The summed E-state index contributed by atoms with van der Waals surface area (Å²) in [5.41, 5.74) is 0.627. The third-order valence-electron chi connectivity index (χ3n) is 7.00. The molecule has 1 aromatic heterocycles. The van der Waals surface area contributed by atoms with Gasteiger partial charge in [-0.25, -0.2) is 4.98 Å². The van der Waals surface area contributed by atoms with Crippen LogP contribution in [0.1, 0.15) is 83.8 Å². The minimum atomic E-state index is -1.24. The zero-order valence-electron chi connectivity index (χ0n) is 21.6. The summed E-state index contributed by atoms with van der Waals surface area (Å²) in [7, 11) is 0. The van der Waals surface area contributed by atoms with E-state index in [-0.39, 0.29) is 24.7 Å². The molecule has 35 heavy (non-hydrogen) atoms. The number of Topliss-reactive ketones (excluding diaryl/α,β-unsaturated/α-hetero) is 1. The van der Waals surface area contributed by atoms with Gasteiger partial charge in [0.05, 0.1) is 36.3 Å². The lowest BCUT2D eigenvalue weighted by Crippen LogP contribution is -2.46. The van der Waals surface area contributed by atoms with Gasteiger partial charge in [-0.1, -0.05) is 39.3 Å². The molecule has 0 unspecified atom stereocenters. The van der Waals surface area contributed by atoms with Crippen molar-refractivity contribution < 1.29 is 29.6 Å². The molecule has 7 nitrogen and oxygen atoms in total. The fourth-order valence-electron chi connectivity index (χ4n) is 4.39. The van der Waals surface area contributed by atoms with Crippen molar-refractivity contribution >= 4 is 29.2 Å². The molecule has 8 heteroatoms. The molecule has 0 aromatic carbocycles. The molecule has 5 atom stereocenters. The lowest BCUT2D eigenvalue weighted by atomic mass is 9.71. The number of cyclic esters (lactones) is 1. The van der Waals surface area contributed by atoms with E-state index in [1.54, 1.807) is 26.0 Å². The Balaban J connectivity index is 2.29. The summed E-state index contributed by atoms with van der Waals surface area (Å²) in [5, 5.41) is 33.4. The van der Waals surface area contributed by atoms with Crippen molar-refractivity contribution in [1.82, 2.24) is 4.98 Å². The zero-order chi connectivity index (χ0) is 26.2. The maximum absolute atomic E-state index is 13.4. The number of ether oxygens (including phenoxy) is 1. The number of ketones is 1. The van der Waals surface area contributed by atoms with E-state index in [1.807, 2.05) is 32.2 Å². The van der Waals surface area contributed by atoms with Crippen LogP contribution in [0.15, 0.2) is 23.1 Å². The van der Waals surface area contributed by atoms with Gasteiger partial charge in [0, 0.05) is 17.7 Å². The summed E-state index contributed by atoms with van der Waals surface area (Å²) in [6, 6.07) is 0. The molecule has 2 rings (SSSR count). The maximum atomic E-state index is 13.4. The fraction of sp³-hybridized carbons (Fsp3) is 0.667. The van der Waals surface area contributed by atoms with Gasteiger partial charge in [0.25, 0.3) is 0 Å². The van der Waals surface area contributed by atoms with Crippen LogP contribution in [-0.4, -0.2) is 50.4 Å². The van der Waals surface area contributed by atoms with Gasteiger partial charge in [-0.05, 0) is 50.7 Å². The smallest absolute Gasteiger partial charge is 0.309 e. The molecule has 0 saturated heterocycles. The second-order valence-electron chi connectivity index (χ2n) is 10.2. The topological polar surface area (TPSA) is 117 Å². The van der Waals surface area contributed by atoms with Gasteiger partial charge < -0.3 is 20.1 Å². The molecule has 0 aliphatic carbocycles. The average molecular weight is 508 g/mol. The first kappa shape index (κ1) is 29.4. The number of aromatic nitrogens is 1. The SMILES string of the molecule is CC[C@H]1C(=O)C(C)(C)[C@@H](O)CC(=O)O[C@H](/C=C/c2csc(CO)n2)C/C=C(/C)CCC[C@H](C)[C@@H]1O. The predicted molar refractivity (Wildman–Crippen MR) is 138 cm³/mol. The second-order valence-corrected chi connectivity index (χ2v) is 11.1. The van der Waals surface area contributed by atoms with Crippen molar-refractivity contribution in [3.63, 3.8) is 0 Å². The summed E-state index contributed by atoms with van der Waals surface area (Å²) >= 11 is 1.35. The Labute approximate surface area is 212 Å². The lowest BCUT2D eigenvalue weighted by Gasteiger charge is -2.35. The van der Waals surface area contributed by atoms with Crippen molar-refractivity contribution in [2.45, 2.75) is 98.1 Å². The molecule has 0 bridgehead atoms. The molecule has 1 aliphatic rings. The highest BCUT2D eigenvalue weighted by Crippen LogP contribution is 2.33. The number of rotatable bonds is 4. The molecule has 0 radical (unpaired) electrons. The highest BCUT2D eigenvalue weighted by Gasteiger charge is 2.43. The number of hydrogen-bond donors (Lipinski definition) is 3. The van der Waals surface area contributed by atoms with E-state index >= 15 is 0 Å². The molecule has 2 heterocycles. The van der Waals surface area contributed by atoms with Gasteiger partial charge in [0.2, 0.25) is 0 Å². The minimum absolute atomic E-state index is 0.0554. The maximum Gasteiger partial charge on any atom is 0.309 e. The Morgan fingerprint density at radius 2 is 2.00 bits per heavy atom. The van der Waals surface area contributed by atoms with Crippen LogP contribution < -0.4 is 0 Å². The van der Waals surface area contributed by atoms with Gasteiger partial charge >= 0.3 is 5.97 Å². The number of aliphatic hydroxyl groups excluding tert-OH is 3. The third-order valence-corrected chi connectivity index (χ3v) is 7.85. The van der Waals surface area contributed by atoms with E-state index in [0.717, 1.165) is 24.8 Å². The van der Waals surface area contributed by atoms with Gasteiger partial charge in [0.1, 0.15) is 16.9 Å². The third kappa shape index (κ3) is 8.34. The quantitative estimate of drug-likeness (QED) is 0.407. The van der Waals surface area contributed by atoms with Crippen molar-refractivity contribution in [2.24, 2.45) is 17.3 Å². The second kappa shape index (κ2) is 13.4. The van der Waals surface area contributed by atoms with Crippen molar-refractivity contribution in [2.75, 3.05) is 0 Å². The van der Waals surface area contributed by atoms with Gasteiger partial charge in [-0.15, -0.1) is 11.3 Å². The van der Waals surface area contributed by atoms with E-state index in [0.29, 0.717) is 23.5 Å². The summed E-state index contributed by atoms with van der Waals surface area (Å²) in [4.78, 5) is 30.4. The van der Waals surface area contributed by atoms with E-state index in [4.69, 9.17) is 4.74 Å². The van der Waals surface area contributed by atoms with Crippen LogP contribution in [0.4, 0.5) is 0 Å². The average Bonchev–Trinajstić information content (AvgIpc) is 3.28. The van der Waals surface area contributed by atoms with Crippen LogP contribution in [-0.2, 0) is 20.9 Å². The highest BCUT2D eigenvalue weighted by atomic mass is 32.1. The number of carbonyl (C=O) groups excluding carboxylic acids is 2. The molecule has 0 spiro atoms. The van der Waals surface area contributed by atoms with Crippen molar-refractivity contribution in [3.8, 4) is 0 Å². The lowest BCUT2D eigenvalue weighted by molar-refractivity contribution is -0.154. The van der Waals surface area contributed by atoms with Gasteiger partial charge in [0.15, 0.2) is 0 Å². The number of hydrogen-bond acceptors (Lipinski definition) is 8. The van der Waals surface area contributed by atoms with Crippen LogP contribution in [0.3, 0.4) is 0 Å². The first-order valence-corrected chi connectivity index (χ1v) is 13.4. The van der Waals surface area contributed by atoms with Gasteiger partial charge in [-0.3, -0.25) is 9.59 Å². The standard InChI is InChI=1S/C27H41NO6S/c1-6-21-25(32)18(3)9-7-8-17(2)10-12-20(13-11-19-16-35-23(15-29)28-19)34-24(31)14-22(30)27(4,5)26(21)33/h10-11,13,16,18,20-22,25,29-30,32H,6-9,12,14-15H2,1-5H3/b13-11+,17-10-/t18-,20-,21+,22-,25-/m0/s1. The van der Waals surface area contributed by atoms with E-state index in [1.165, 1.54) is 11.3 Å². The molecule has 1 aliphatic heterocycles. The van der Waals surface area contributed by atoms with Crippen molar-refractivity contribution in [1.29, 1.82) is 0 Å².